The highest BCUT2D eigenvalue weighted by Gasteiger charge is 2.29. The zero-order chi connectivity index (χ0) is 42.4. The Labute approximate surface area is 372 Å². The first-order valence-electron chi connectivity index (χ1n) is 22.0. The van der Waals surface area contributed by atoms with Gasteiger partial charge in [-0.3, -0.25) is 10.3 Å². The summed E-state index contributed by atoms with van der Waals surface area (Å²) in [5.74, 6) is 0. The highest BCUT2D eigenvalue weighted by molar-refractivity contribution is 6.14. The van der Waals surface area contributed by atoms with E-state index in [0.717, 1.165) is 85.1 Å². The Morgan fingerprint density at radius 1 is 0.469 bits per heavy atom. The summed E-state index contributed by atoms with van der Waals surface area (Å²) < 4.78 is 2.48. The quantitative estimate of drug-likeness (QED) is 0.142. The third-order valence-electron chi connectivity index (χ3n) is 12.6. The van der Waals surface area contributed by atoms with Gasteiger partial charge in [-0.25, -0.2) is 10.4 Å². The molecule has 10 aromatic rings. The van der Waals surface area contributed by atoms with Crippen molar-refractivity contribution in [2.24, 2.45) is 0 Å². The van der Waals surface area contributed by atoms with Crippen molar-refractivity contribution in [1.82, 2.24) is 25.6 Å². The van der Waals surface area contributed by atoms with Crippen LogP contribution in [0.25, 0.3) is 66.8 Å². The molecule has 64 heavy (non-hydrogen) atoms. The lowest BCUT2D eigenvalue weighted by molar-refractivity contribution is 0.442. The molecule has 6 nitrogen and oxygen atoms in total. The number of pyridine rings is 1. The predicted octanol–water partition coefficient (Wildman–Crippen LogP) is 13.3. The number of aromatic nitrogens is 2. The second-order valence-electron chi connectivity index (χ2n) is 16.6. The van der Waals surface area contributed by atoms with Gasteiger partial charge in [-0.1, -0.05) is 170 Å². The Hall–Kier alpha value is -8.03. The van der Waals surface area contributed by atoms with Gasteiger partial charge in [0.1, 0.15) is 6.17 Å². The molecule has 0 bridgehead atoms. The van der Waals surface area contributed by atoms with Crippen LogP contribution in [0.1, 0.15) is 34.5 Å². The summed E-state index contributed by atoms with van der Waals surface area (Å²) in [6, 6.07) is 78.0. The predicted molar refractivity (Wildman–Crippen MR) is 263 cm³/mol. The second-order valence-corrected chi connectivity index (χ2v) is 16.6. The van der Waals surface area contributed by atoms with Crippen molar-refractivity contribution in [1.29, 1.82) is 0 Å². The second kappa shape index (κ2) is 16.0. The molecule has 0 amide bonds. The third kappa shape index (κ3) is 6.82. The van der Waals surface area contributed by atoms with Crippen LogP contribution in [0, 0.1) is 0 Å². The highest BCUT2D eigenvalue weighted by Crippen LogP contribution is 2.45. The Balaban J connectivity index is 1.12. The lowest BCUT2D eigenvalue weighted by Crippen LogP contribution is -2.39. The molecule has 2 atom stereocenters. The van der Waals surface area contributed by atoms with Crippen molar-refractivity contribution in [3.63, 3.8) is 0 Å². The van der Waals surface area contributed by atoms with Gasteiger partial charge in [-0.15, -0.1) is 0 Å². The number of benzene rings is 8. The van der Waals surface area contributed by atoms with Crippen LogP contribution in [-0.2, 0) is 6.54 Å². The Bertz CT molecular complexity index is 3270. The van der Waals surface area contributed by atoms with Crippen molar-refractivity contribution < 1.29 is 0 Å². The smallest absolute Gasteiger partial charge is 0.104 e. The Morgan fingerprint density at radius 3 is 1.83 bits per heavy atom. The molecule has 0 spiro atoms. The van der Waals surface area contributed by atoms with Gasteiger partial charge in [-0.2, -0.15) is 0 Å². The van der Waals surface area contributed by atoms with Gasteiger partial charge in [0.2, 0.25) is 0 Å². The molecule has 0 saturated carbocycles. The van der Waals surface area contributed by atoms with Crippen LogP contribution in [0.4, 0.5) is 11.4 Å². The molecule has 3 N–H and O–H groups in total. The summed E-state index contributed by atoms with van der Waals surface area (Å²) in [6.07, 6.45) is 2.06. The molecule has 0 saturated heterocycles. The molecular weight excluding hydrogens is 781 g/mol. The van der Waals surface area contributed by atoms with Gasteiger partial charge in [0.15, 0.2) is 0 Å². The largest absolute Gasteiger partial charge is 0.366 e. The molecule has 306 valence electrons. The lowest BCUT2D eigenvalue weighted by Gasteiger charge is -2.33. The van der Waals surface area contributed by atoms with E-state index in [4.69, 9.17) is 4.98 Å². The normalized spacial score (nSPS) is 15.8. The molecule has 2 aliphatic heterocycles. The standard InChI is InChI=1S/C58H44N6/c1-6-18-39(19-7-1)44-35-51(40-20-8-2-9-21-40)60-52(36-44)45-32-46(58-61-53(41-22-10-3-11-23-41)37-54(62-58)42-24-12-4-13-25-42)34-48(33-45)63-55-29-17-16-28-49(55)50-31-30-43-38-59-64(56(43)57(50)63)47-26-14-5-15-27-47/h1-37,53,58-59,61-62H,38H2. The summed E-state index contributed by atoms with van der Waals surface area (Å²) in [4.78, 5) is 5.49. The van der Waals surface area contributed by atoms with E-state index in [0.29, 0.717) is 0 Å². The fraction of sp³-hybridized carbons (Fsp3) is 0.0517. The molecule has 4 heterocycles. The first kappa shape index (κ1) is 37.7. The van der Waals surface area contributed by atoms with Crippen LogP contribution in [-0.4, -0.2) is 9.55 Å². The fourth-order valence-electron chi connectivity index (χ4n) is 9.56. The number of anilines is 2. The van der Waals surface area contributed by atoms with E-state index in [-0.39, 0.29) is 12.2 Å². The van der Waals surface area contributed by atoms with Crippen LogP contribution in [0.2, 0.25) is 0 Å². The zero-order valence-corrected chi connectivity index (χ0v) is 35.1. The average molecular weight is 825 g/mol. The van der Waals surface area contributed by atoms with Crippen molar-refractivity contribution in [2.75, 3.05) is 5.01 Å². The van der Waals surface area contributed by atoms with Crippen LogP contribution in [0.15, 0.2) is 224 Å². The van der Waals surface area contributed by atoms with Crippen molar-refractivity contribution in [3.05, 3.63) is 247 Å². The summed E-state index contributed by atoms with van der Waals surface area (Å²) >= 11 is 0. The summed E-state index contributed by atoms with van der Waals surface area (Å²) in [7, 11) is 0. The van der Waals surface area contributed by atoms with Gasteiger partial charge in [0.25, 0.3) is 0 Å². The minimum Gasteiger partial charge on any atom is -0.366 e. The Morgan fingerprint density at radius 2 is 1.09 bits per heavy atom. The molecule has 6 heteroatoms. The monoisotopic (exact) mass is 824 g/mol. The van der Waals surface area contributed by atoms with Crippen LogP contribution in [0.5, 0.6) is 0 Å². The van der Waals surface area contributed by atoms with Crippen LogP contribution >= 0.6 is 0 Å². The number of rotatable bonds is 8. The third-order valence-corrected chi connectivity index (χ3v) is 12.6. The van der Waals surface area contributed by atoms with E-state index in [1.54, 1.807) is 0 Å². The molecule has 2 aromatic heterocycles. The summed E-state index contributed by atoms with van der Waals surface area (Å²) in [6.45, 7) is 0.733. The molecule has 2 unspecified atom stereocenters. The van der Waals surface area contributed by atoms with E-state index in [1.807, 2.05) is 0 Å². The van der Waals surface area contributed by atoms with Crippen molar-refractivity contribution in [3.8, 4) is 39.3 Å². The molecular formula is C58H44N6. The fourth-order valence-corrected chi connectivity index (χ4v) is 9.56. The number of para-hydroxylation sites is 2. The van der Waals surface area contributed by atoms with Gasteiger partial charge >= 0.3 is 0 Å². The van der Waals surface area contributed by atoms with E-state index < -0.39 is 0 Å². The number of hydrogen-bond donors (Lipinski definition) is 3. The molecule has 8 aromatic carbocycles. The number of nitrogens with one attached hydrogen (secondary N) is 3. The maximum Gasteiger partial charge on any atom is 0.104 e. The Kier molecular flexibility index (Phi) is 9.44. The number of nitrogens with zero attached hydrogens (tertiary/aromatic N) is 3. The maximum absolute atomic E-state index is 5.49. The minimum absolute atomic E-state index is 0.0407. The SMILES string of the molecule is C1=C(c2ccccc2)NC(c2cc(-c3cc(-c4ccccc4)cc(-c4ccccc4)n3)cc(-n3c4ccccc4c4ccc5c(c43)N(c3ccccc3)NC5)c2)NC1c1ccccc1. The van der Waals surface area contributed by atoms with Crippen LogP contribution < -0.4 is 21.1 Å². The van der Waals surface area contributed by atoms with Gasteiger partial charge in [-0.05, 0) is 88.0 Å². The van der Waals surface area contributed by atoms with Gasteiger partial charge in [0, 0.05) is 39.8 Å². The van der Waals surface area contributed by atoms with E-state index in [1.165, 1.54) is 21.9 Å². The number of fused-ring (bicyclic) bond motifs is 5. The van der Waals surface area contributed by atoms with Gasteiger partial charge in [0.05, 0.1) is 39.8 Å². The van der Waals surface area contributed by atoms with E-state index in [2.05, 4.69) is 250 Å². The van der Waals surface area contributed by atoms with Crippen molar-refractivity contribution >= 4 is 38.9 Å². The molecule has 0 aliphatic carbocycles. The molecule has 2 aliphatic rings. The van der Waals surface area contributed by atoms with Gasteiger partial charge < -0.3 is 9.88 Å². The first-order valence-corrected chi connectivity index (χ1v) is 22.0. The highest BCUT2D eigenvalue weighted by atomic mass is 15.5. The number of hydrogen-bond acceptors (Lipinski definition) is 5. The topological polar surface area (TPSA) is 57.2 Å². The summed E-state index contributed by atoms with van der Waals surface area (Å²) in [5.41, 5.74) is 21.3. The number of hydrazine groups is 1. The lowest BCUT2D eigenvalue weighted by atomic mass is 9.96. The molecule has 0 fully saturated rings. The van der Waals surface area contributed by atoms with E-state index >= 15 is 0 Å². The van der Waals surface area contributed by atoms with E-state index in [9.17, 15) is 0 Å². The summed E-state index contributed by atoms with van der Waals surface area (Å²) in [5, 5.41) is 12.6. The molecule has 0 radical (unpaired) electrons. The molecule has 12 rings (SSSR count). The zero-order valence-electron chi connectivity index (χ0n) is 35.1. The average Bonchev–Trinajstić information content (AvgIpc) is 3.97. The van der Waals surface area contributed by atoms with Crippen molar-refractivity contribution in [2.45, 2.75) is 18.8 Å². The van der Waals surface area contributed by atoms with Crippen LogP contribution in [0.3, 0.4) is 0 Å². The maximum atomic E-state index is 5.49. The first-order chi connectivity index (χ1) is 31.7. The minimum atomic E-state index is -0.253.